The zero-order valence-electron chi connectivity index (χ0n) is 18.0. The van der Waals surface area contributed by atoms with E-state index in [1.807, 2.05) is 78.9 Å². The zero-order valence-corrected chi connectivity index (χ0v) is 18.0. The predicted octanol–water partition coefficient (Wildman–Crippen LogP) is 3.72. The first-order chi connectivity index (χ1) is 16.2. The van der Waals surface area contributed by atoms with Crippen LogP contribution in [0.3, 0.4) is 0 Å². The summed E-state index contributed by atoms with van der Waals surface area (Å²) in [4.78, 5) is 32.1. The third-order valence-electron chi connectivity index (χ3n) is 5.79. The van der Waals surface area contributed by atoms with Gasteiger partial charge in [-0.3, -0.25) is 14.6 Å². The molecule has 1 saturated heterocycles. The smallest absolute Gasteiger partial charge is 0.255 e. The van der Waals surface area contributed by atoms with Gasteiger partial charge in [-0.15, -0.1) is 0 Å². The Kier molecular flexibility index (Phi) is 5.68. The highest BCUT2D eigenvalue weighted by atomic mass is 16.2. The van der Waals surface area contributed by atoms with Gasteiger partial charge >= 0.3 is 0 Å². The van der Waals surface area contributed by atoms with Gasteiger partial charge in [0.05, 0.1) is 35.4 Å². The molecule has 0 bridgehead atoms. The van der Waals surface area contributed by atoms with Crippen LogP contribution in [0.2, 0.25) is 0 Å². The maximum absolute atomic E-state index is 13.2. The molecule has 5 rings (SSSR count). The molecule has 0 spiro atoms. The maximum atomic E-state index is 13.2. The summed E-state index contributed by atoms with van der Waals surface area (Å²) in [7, 11) is 0. The zero-order chi connectivity index (χ0) is 22.6. The largest absolute Gasteiger partial charge is 0.346 e. The van der Waals surface area contributed by atoms with Crippen molar-refractivity contribution in [2.75, 3.05) is 11.4 Å². The summed E-state index contributed by atoms with van der Waals surface area (Å²) < 4.78 is 1.78. The van der Waals surface area contributed by atoms with Crippen molar-refractivity contribution >= 4 is 17.5 Å². The van der Waals surface area contributed by atoms with Gasteiger partial charge in [0.2, 0.25) is 5.91 Å². The molecule has 2 amide bonds. The first-order valence-electron chi connectivity index (χ1n) is 10.9. The van der Waals surface area contributed by atoms with Crippen molar-refractivity contribution in [1.29, 1.82) is 0 Å². The number of anilines is 1. The van der Waals surface area contributed by atoms with Crippen LogP contribution in [0, 0.1) is 0 Å². The molecule has 1 fully saturated rings. The van der Waals surface area contributed by atoms with Gasteiger partial charge in [-0.2, -0.15) is 5.10 Å². The average molecular weight is 438 g/mol. The monoisotopic (exact) mass is 437 g/mol. The van der Waals surface area contributed by atoms with E-state index in [9.17, 15) is 9.59 Å². The van der Waals surface area contributed by atoms with Crippen LogP contribution in [0.4, 0.5) is 5.69 Å². The fraction of sp³-hybridized carbons (Fsp3) is 0.154. The highest BCUT2D eigenvalue weighted by Crippen LogP contribution is 2.34. The van der Waals surface area contributed by atoms with Crippen LogP contribution in [0.25, 0.3) is 5.69 Å². The van der Waals surface area contributed by atoms with Crippen molar-refractivity contribution in [2.24, 2.45) is 0 Å². The minimum Gasteiger partial charge on any atom is -0.346 e. The summed E-state index contributed by atoms with van der Waals surface area (Å²) in [6, 6.07) is 24.9. The van der Waals surface area contributed by atoms with Crippen LogP contribution in [0.1, 0.15) is 34.1 Å². The normalized spacial score (nSPS) is 15.6. The van der Waals surface area contributed by atoms with Crippen LogP contribution in [0.15, 0.2) is 91.3 Å². The van der Waals surface area contributed by atoms with Crippen LogP contribution >= 0.6 is 0 Å². The van der Waals surface area contributed by atoms with Gasteiger partial charge in [0, 0.05) is 30.8 Å². The quantitative estimate of drug-likeness (QED) is 0.499. The number of carbonyl (C=O) groups excluding carboxylic acids is 2. The Labute approximate surface area is 191 Å². The maximum Gasteiger partial charge on any atom is 0.255 e. The van der Waals surface area contributed by atoms with Gasteiger partial charge in [0.15, 0.2) is 0 Å². The van der Waals surface area contributed by atoms with Crippen LogP contribution in [-0.2, 0) is 11.3 Å². The van der Waals surface area contributed by atoms with E-state index >= 15 is 0 Å². The van der Waals surface area contributed by atoms with Gasteiger partial charge in [-0.1, -0.05) is 42.5 Å². The number of nitrogens with zero attached hydrogens (tertiary/aromatic N) is 4. The van der Waals surface area contributed by atoms with Gasteiger partial charge < -0.3 is 10.2 Å². The summed E-state index contributed by atoms with van der Waals surface area (Å²) in [6.07, 6.45) is 3.60. The molecule has 2 aromatic carbocycles. The van der Waals surface area contributed by atoms with Gasteiger partial charge in [0.1, 0.15) is 0 Å². The van der Waals surface area contributed by atoms with Crippen molar-refractivity contribution in [2.45, 2.75) is 18.9 Å². The minimum atomic E-state index is -0.233. The highest BCUT2D eigenvalue weighted by Gasteiger charge is 2.36. The van der Waals surface area contributed by atoms with Gasteiger partial charge in [0.25, 0.3) is 5.91 Å². The third kappa shape index (κ3) is 4.25. The number of hydrogen-bond acceptors (Lipinski definition) is 4. The molecule has 7 heteroatoms. The molecular weight excluding hydrogens is 414 g/mol. The molecule has 1 aliphatic heterocycles. The third-order valence-corrected chi connectivity index (χ3v) is 5.79. The highest BCUT2D eigenvalue weighted by molar-refractivity contribution is 5.98. The average Bonchev–Trinajstić information content (AvgIpc) is 3.48. The van der Waals surface area contributed by atoms with Crippen LogP contribution in [-0.4, -0.2) is 33.1 Å². The summed E-state index contributed by atoms with van der Waals surface area (Å²) in [6.45, 7) is 0.803. The Balaban J connectivity index is 1.47. The molecule has 33 heavy (non-hydrogen) atoms. The summed E-state index contributed by atoms with van der Waals surface area (Å²) >= 11 is 0. The number of aromatic nitrogens is 3. The number of pyridine rings is 1. The van der Waals surface area contributed by atoms with E-state index in [4.69, 9.17) is 0 Å². The second-order valence-electron chi connectivity index (χ2n) is 7.94. The van der Waals surface area contributed by atoms with Crippen molar-refractivity contribution in [3.63, 3.8) is 0 Å². The van der Waals surface area contributed by atoms with E-state index in [1.165, 1.54) is 0 Å². The number of rotatable bonds is 6. The summed E-state index contributed by atoms with van der Waals surface area (Å²) in [5.74, 6) is -0.369. The van der Waals surface area contributed by atoms with E-state index in [0.717, 1.165) is 22.8 Å². The fourth-order valence-electron chi connectivity index (χ4n) is 4.22. The Morgan fingerprint density at radius 1 is 0.939 bits per heavy atom. The number of benzene rings is 2. The Morgan fingerprint density at radius 2 is 1.64 bits per heavy atom. The predicted molar refractivity (Wildman–Crippen MR) is 125 cm³/mol. The lowest BCUT2D eigenvalue weighted by atomic mass is 9.99. The first-order valence-corrected chi connectivity index (χ1v) is 10.9. The Hall–Kier alpha value is -4.26. The lowest BCUT2D eigenvalue weighted by Crippen LogP contribution is -2.26. The SMILES string of the molecule is O=C(NCc1ccccn1)c1cnn(-c2ccccc2)c1C1CC(=O)N(c2ccccc2)C1. The minimum absolute atomic E-state index is 0.0341. The van der Waals surface area contributed by atoms with Crippen molar-refractivity contribution < 1.29 is 9.59 Å². The lowest BCUT2D eigenvalue weighted by Gasteiger charge is -2.18. The van der Waals surface area contributed by atoms with Gasteiger partial charge in [-0.25, -0.2) is 4.68 Å². The van der Waals surface area contributed by atoms with E-state index in [2.05, 4.69) is 15.4 Å². The molecule has 0 saturated carbocycles. The Bertz CT molecular complexity index is 1260. The van der Waals surface area contributed by atoms with E-state index in [0.29, 0.717) is 25.1 Å². The molecule has 3 heterocycles. The molecule has 2 aromatic heterocycles. The lowest BCUT2D eigenvalue weighted by molar-refractivity contribution is -0.117. The topological polar surface area (TPSA) is 80.1 Å². The molecule has 1 aliphatic rings. The molecule has 4 aromatic rings. The van der Waals surface area contributed by atoms with Crippen molar-refractivity contribution in [3.05, 3.63) is 108 Å². The van der Waals surface area contributed by atoms with E-state index < -0.39 is 0 Å². The van der Waals surface area contributed by atoms with Crippen molar-refractivity contribution in [1.82, 2.24) is 20.1 Å². The molecule has 0 aliphatic carbocycles. The molecule has 7 nitrogen and oxygen atoms in total. The Morgan fingerprint density at radius 3 is 2.33 bits per heavy atom. The second kappa shape index (κ2) is 9.08. The molecular formula is C26H23N5O2. The number of hydrogen-bond donors (Lipinski definition) is 1. The fourth-order valence-corrected chi connectivity index (χ4v) is 4.22. The molecule has 0 radical (unpaired) electrons. The number of nitrogens with one attached hydrogen (secondary N) is 1. The summed E-state index contributed by atoms with van der Waals surface area (Å²) in [5, 5.41) is 7.48. The second-order valence-corrected chi connectivity index (χ2v) is 7.94. The van der Waals surface area contributed by atoms with Gasteiger partial charge in [-0.05, 0) is 36.4 Å². The first kappa shape index (κ1) is 20.6. The number of amides is 2. The van der Waals surface area contributed by atoms with E-state index in [-0.39, 0.29) is 17.7 Å². The van der Waals surface area contributed by atoms with Crippen LogP contribution < -0.4 is 10.2 Å². The van der Waals surface area contributed by atoms with E-state index in [1.54, 1.807) is 22.0 Å². The molecule has 1 unspecified atom stereocenters. The standard InChI is InChI=1S/C26H23N5O2/c32-24-15-19(18-30(24)21-10-3-1-4-11-21)25-23(17-29-31(25)22-12-5-2-6-13-22)26(33)28-16-20-9-7-8-14-27-20/h1-14,17,19H,15-16,18H2,(H,28,33). The van der Waals surface area contributed by atoms with Crippen molar-refractivity contribution in [3.8, 4) is 5.69 Å². The summed E-state index contributed by atoms with van der Waals surface area (Å²) in [5.41, 5.74) is 3.70. The molecule has 1 atom stereocenters. The number of carbonyl (C=O) groups is 2. The van der Waals surface area contributed by atoms with Crippen LogP contribution in [0.5, 0.6) is 0 Å². The molecule has 1 N–H and O–H groups in total. The molecule has 164 valence electrons. The number of para-hydroxylation sites is 2.